The molecular weight excluding hydrogens is 208 g/mol. The highest BCUT2D eigenvalue weighted by atomic mass is 15.1. The van der Waals surface area contributed by atoms with E-state index in [1.54, 1.807) is 0 Å². The van der Waals surface area contributed by atoms with Crippen LogP contribution in [-0.4, -0.2) is 31.1 Å². The van der Waals surface area contributed by atoms with Gasteiger partial charge in [0.05, 0.1) is 0 Å². The number of likely N-dealkylation sites (tertiary alicyclic amines) is 1. The molecule has 1 aliphatic carbocycles. The first-order chi connectivity index (χ1) is 8.11. The third kappa shape index (κ3) is 3.69. The number of piperidine rings is 1. The first-order valence-corrected chi connectivity index (χ1v) is 7.53. The molecule has 0 spiro atoms. The van der Waals surface area contributed by atoms with E-state index in [2.05, 4.69) is 18.7 Å². The van der Waals surface area contributed by atoms with Crippen molar-refractivity contribution < 1.29 is 0 Å². The predicted octanol–water partition coefficient (Wildman–Crippen LogP) is 2.87. The van der Waals surface area contributed by atoms with Crippen LogP contribution >= 0.6 is 0 Å². The van der Waals surface area contributed by atoms with Crippen LogP contribution in [0, 0.1) is 17.3 Å². The van der Waals surface area contributed by atoms with Crippen molar-refractivity contribution in [2.45, 2.75) is 52.4 Å². The molecule has 1 saturated carbocycles. The summed E-state index contributed by atoms with van der Waals surface area (Å²) in [6.45, 7) is 9.66. The van der Waals surface area contributed by atoms with Gasteiger partial charge in [-0.3, -0.25) is 0 Å². The van der Waals surface area contributed by atoms with Crippen LogP contribution < -0.4 is 5.73 Å². The molecule has 0 aromatic carbocycles. The fourth-order valence-electron chi connectivity index (χ4n) is 3.51. The summed E-state index contributed by atoms with van der Waals surface area (Å²) in [5.41, 5.74) is 6.50. The Morgan fingerprint density at radius 3 is 2.24 bits per heavy atom. The largest absolute Gasteiger partial charge is 0.330 e. The van der Waals surface area contributed by atoms with E-state index in [0.29, 0.717) is 5.41 Å². The van der Waals surface area contributed by atoms with Crippen molar-refractivity contribution in [3.8, 4) is 0 Å². The molecule has 2 aliphatic rings. The second-order valence-electron chi connectivity index (χ2n) is 7.01. The lowest BCUT2D eigenvalue weighted by Crippen LogP contribution is -2.42. The highest BCUT2D eigenvalue weighted by Gasteiger charge is 2.29. The zero-order valence-electron chi connectivity index (χ0n) is 11.8. The van der Waals surface area contributed by atoms with Crippen molar-refractivity contribution in [3.05, 3.63) is 0 Å². The maximum Gasteiger partial charge on any atom is 0.00128 e. The minimum Gasteiger partial charge on any atom is -0.330 e. The van der Waals surface area contributed by atoms with Crippen LogP contribution in [0.3, 0.4) is 0 Å². The lowest BCUT2D eigenvalue weighted by atomic mass is 9.77. The highest BCUT2D eigenvalue weighted by Crippen LogP contribution is 2.33. The lowest BCUT2D eigenvalue weighted by molar-refractivity contribution is 0.0914. The first kappa shape index (κ1) is 13.4. The summed E-state index contributed by atoms with van der Waals surface area (Å²) in [4.78, 5) is 2.70. The second kappa shape index (κ2) is 5.71. The van der Waals surface area contributed by atoms with Crippen molar-refractivity contribution in [1.29, 1.82) is 0 Å². The minimum atomic E-state index is 0.580. The van der Waals surface area contributed by atoms with Gasteiger partial charge in [-0.1, -0.05) is 26.7 Å². The predicted molar refractivity (Wildman–Crippen MR) is 74.0 cm³/mol. The summed E-state index contributed by atoms with van der Waals surface area (Å²) >= 11 is 0. The Morgan fingerprint density at radius 2 is 1.65 bits per heavy atom. The fourth-order valence-corrected chi connectivity index (χ4v) is 3.51. The quantitative estimate of drug-likeness (QED) is 0.819. The van der Waals surface area contributed by atoms with Gasteiger partial charge in [-0.15, -0.1) is 0 Å². The van der Waals surface area contributed by atoms with E-state index in [-0.39, 0.29) is 0 Å². The maximum atomic E-state index is 5.92. The SMILES string of the molecule is CC1(C)CCN(CC2CCCCC2CN)CC1. The summed E-state index contributed by atoms with van der Waals surface area (Å²) in [5.74, 6) is 1.69. The fraction of sp³-hybridized carbons (Fsp3) is 1.00. The lowest BCUT2D eigenvalue weighted by Gasteiger charge is -2.40. The Kier molecular flexibility index (Phi) is 4.48. The molecule has 2 atom stereocenters. The zero-order chi connectivity index (χ0) is 12.3. The summed E-state index contributed by atoms with van der Waals surface area (Å²) in [6.07, 6.45) is 8.37. The summed E-state index contributed by atoms with van der Waals surface area (Å²) < 4.78 is 0. The monoisotopic (exact) mass is 238 g/mol. The van der Waals surface area contributed by atoms with Gasteiger partial charge < -0.3 is 10.6 Å². The molecule has 1 heterocycles. The number of rotatable bonds is 3. The molecule has 1 saturated heterocycles. The molecule has 0 radical (unpaired) electrons. The average Bonchev–Trinajstić information content (AvgIpc) is 2.32. The summed E-state index contributed by atoms with van der Waals surface area (Å²) in [5, 5.41) is 0. The van der Waals surface area contributed by atoms with Crippen molar-refractivity contribution in [2.75, 3.05) is 26.2 Å². The standard InChI is InChI=1S/C15H30N2/c1-15(2)7-9-17(10-8-15)12-14-6-4-3-5-13(14)11-16/h13-14H,3-12,16H2,1-2H3. The van der Waals surface area contributed by atoms with E-state index in [0.717, 1.165) is 18.4 Å². The van der Waals surface area contributed by atoms with Crippen LogP contribution in [0.25, 0.3) is 0 Å². The van der Waals surface area contributed by atoms with Crippen molar-refractivity contribution in [2.24, 2.45) is 23.0 Å². The summed E-state index contributed by atoms with van der Waals surface area (Å²) in [6, 6.07) is 0. The van der Waals surface area contributed by atoms with E-state index in [1.807, 2.05) is 0 Å². The van der Waals surface area contributed by atoms with Crippen molar-refractivity contribution in [1.82, 2.24) is 4.90 Å². The first-order valence-electron chi connectivity index (χ1n) is 7.53. The van der Waals surface area contributed by atoms with Crippen LogP contribution in [0.15, 0.2) is 0 Å². The van der Waals surface area contributed by atoms with Gasteiger partial charge in [0.15, 0.2) is 0 Å². The number of nitrogens with two attached hydrogens (primary N) is 1. The van der Waals surface area contributed by atoms with Gasteiger partial charge in [0.25, 0.3) is 0 Å². The molecule has 2 rings (SSSR count). The minimum absolute atomic E-state index is 0.580. The van der Waals surface area contributed by atoms with Gasteiger partial charge >= 0.3 is 0 Å². The van der Waals surface area contributed by atoms with Gasteiger partial charge in [0.1, 0.15) is 0 Å². The molecule has 2 fully saturated rings. The molecular formula is C15H30N2. The average molecular weight is 238 g/mol. The van der Waals surface area contributed by atoms with Crippen molar-refractivity contribution >= 4 is 0 Å². The Bertz CT molecular complexity index is 227. The smallest absolute Gasteiger partial charge is 0.00128 e. The number of hydrogen-bond acceptors (Lipinski definition) is 2. The van der Waals surface area contributed by atoms with Gasteiger partial charge in [0.2, 0.25) is 0 Å². The van der Waals surface area contributed by atoms with Crippen LogP contribution in [0.1, 0.15) is 52.4 Å². The van der Waals surface area contributed by atoms with Crippen LogP contribution in [-0.2, 0) is 0 Å². The number of hydrogen-bond donors (Lipinski definition) is 1. The molecule has 100 valence electrons. The zero-order valence-corrected chi connectivity index (χ0v) is 11.8. The Hall–Kier alpha value is -0.0800. The summed E-state index contributed by atoms with van der Waals surface area (Å²) in [7, 11) is 0. The Labute approximate surface area is 107 Å². The second-order valence-corrected chi connectivity index (χ2v) is 7.01. The third-order valence-corrected chi connectivity index (χ3v) is 5.07. The molecule has 0 aromatic rings. The van der Waals surface area contributed by atoms with Gasteiger partial charge in [-0.05, 0) is 62.6 Å². The van der Waals surface area contributed by atoms with Crippen LogP contribution in [0.4, 0.5) is 0 Å². The molecule has 0 aromatic heterocycles. The van der Waals surface area contributed by atoms with Gasteiger partial charge in [0, 0.05) is 6.54 Å². The molecule has 0 bridgehead atoms. The molecule has 2 N–H and O–H groups in total. The van der Waals surface area contributed by atoms with Crippen LogP contribution in [0.5, 0.6) is 0 Å². The van der Waals surface area contributed by atoms with Gasteiger partial charge in [-0.25, -0.2) is 0 Å². The van der Waals surface area contributed by atoms with E-state index in [9.17, 15) is 0 Å². The topological polar surface area (TPSA) is 29.3 Å². The van der Waals surface area contributed by atoms with Gasteiger partial charge in [-0.2, -0.15) is 0 Å². The maximum absolute atomic E-state index is 5.92. The molecule has 1 aliphatic heterocycles. The third-order valence-electron chi connectivity index (χ3n) is 5.07. The molecule has 2 nitrogen and oxygen atoms in total. The van der Waals surface area contributed by atoms with E-state index in [1.165, 1.54) is 58.2 Å². The van der Waals surface area contributed by atoms with Crippen molar-refractivity contribution in [3.63, 3.8) is 0 Å². The molecule has 2 heteroatoms. The molecule has 17 heavy (non-hydrogen) atoms. The Morgan fingerprint density at radius 1 is 1.06 bits per heavy atom. The van der Waals surface area contributed by atoms with E-state index < -0.39 is 0 Å². The van der Waals surface area contributed by atoms with Crippen LogP contribution in [0.2, 0.25) is 0 Å². The molecule has 0 amide bonds. The normalized spacial score (nSPS) is 34.8. The van der Waals surface area contributed by atoms with E-state index in [4.69, 9.17) is 5.73 Å². The Balaban J connectivity index is 1.80. The number of nitrogens with zero attached hydrogens (tertiary/aromatic N) is 1. The molecule has 2 unspecified atom stereocenters. The highest BCUT2D eigenvalue weighted by molar-refractivity contribution is 4.83. The van der Waals surface area contributed by atoms with E-state index >= 15 is 0 Å².